The highest BCUT2D eigenvalue weighted by Crippen LogP contribution is 2.26. The molecule has 0 aromatic heterocycles. The Hall–Kier alpha value is -1.88. The van der Waals surface area contributed by atoms with E-state index in [1.165, 1.54) is 5.01 Å². The number of rotatable bonds is 1. The molecular weight excluding hydrogens is 268 g/mol. The van der Waals surface area contributed by atoms with Crippen molar-refractivity contribution in [2.75, 3.05) is 0 Å². The first-order valence-corrected chi connectivity index (χ1v) is 5.94. The normalized spacial score (nSPS) is 18.4. The van der Waals surface area contributed by atoms with Gasteiger partial charge in [0.15, 0.2) is 0 Å². The Balaban J connectivity index is 0.00000133. The first-order valence-electron chi connectivity index (χ1n) is 5.94. The molecule has 2 aliphatic rings. The van der Waals surface area contributed by atoms with E-state index >= 15 is 0 Å². The van der Waals surface area contributed by atoms with Gasteiger partial charge in [-0.25, -0.2) is 5.01 Å². The maximum Gasteiger partial charge on any atom is 0.273 e. The van der Waals surface area contributed by atoms with E-state index in [4.69, 9.17) is 0 Å². The van der Waals surface area contributed by atoms with Crippen LogP contribution in [-0.2, 0) is 16.1 Å². The lowest BCUT2D eigenvalue weighted by molar-refractivity contribution is -0.163. The van der Waals surface area contributed by atoms with E-state index in [0.29, 0.717) is 31.4 Å². The molecule has 0 unspecified atom stereocenters. The third kappa shape index (κ3) is 2.10. The largest absolute Gasteiger partial charge is 0.273 e. The van der Waals surface area contributed by atoms with Crippen molar-refractivity contribution in [3.63, 3.8) is 0 Å². The zero-order valence-electron chi connectivity index (χ0n) is 10.2. The molecule has 0 bridgehead atoms. The van der Waals surface area contributed by atoms with Crippen molar-refractivity contribution in [3.05, 3.63) is 35.4 Å². The van der Waals surface area contributed by atoms with Crippen molar-refractivity contribution in [2.45, 2.75) is 25.8 Å². The zero-order chi connectivity index (χ0) is 12.7. The predicted octanol–water partition coefficient (Wildman–Crippen LogP) is 1.52. The molecular formula is C13H13ClN2O3. The van der Waals surface area contributed by atoms with Gasteiger partial charge < -0.3 is 0 Å². The molecule has 0 aliphatic carbocycles. The Bertz CT molecular complexity index is 543. The van der Waals surface area contributed by atoms with Crippen molar-refractivity contribution in [3.8, 4) is 0 Å². The molecule has 3 rings (SSSR count). The number of benzene rings is 1. The number of carbonyl (C=O) groups excluding carboxylic acids is 3. The number of amides is 3. The second kappa shape index (κ2) is 5.01. The number of hydrogen-bond acceptors (Lipinski definition) is 3. The van der Waals surface area contributed by atoms with E-state index in [9.17, 15) is 14.4 Å². The Morgan fingerprint density at radius 2 is 1.58 bits per heavy atom. The number of piperidine rings is 1. The summed E-state index contributed by atoms with van der Waals surface area (Å²) in [5, 5.41) is 2.28. The van der Waals surface area contributed by atoms with Crippen LogP contribution in [0.2, 0.25) is 0 Å². The first-order chi connectivity index (χ1) is 8.68. The van der Waals surface area contributed by atoms with Gasteiger partial charge in [0.2, 0.25) is 11.8 Å². The maximum atomic E-state index is 12.2. The minimum atomic E-state index is -0.285. The summed E-state index contributed by atoms with van der Waals surface area (Å²) >= 11 is 0. The Kier molecular flexibility index (Phi) is 3.57. The number of hydrazine groups is 1. The average Bonchev–Trinajstić information content (AvgIpc) is 2.68. The summed E-state index contributed by atoms with van der Waals surface area (Å²) in [7, 11) is 0. The minimum Gasteiger partial charge on any atom is -0.273 e. The molecule has 2 aliphatic heterocycles. The zero-order valence-corrected chi connectivity index (χ0v) is 11.0. The van der Waals surface area contributed by atoms with E-state index in [1.807, 2.05) is 12.1 Å². The second-order valence-electron chi connectivity index (χ2n) is 4.47. The highest BCUT2D eigenvalue weighted by atomic mass is 35.5. The molecule has 0 saturated carbocycles. The van der Waals surface area contributed by atoms with Crippen molar-refractivity contribution < 1.29 is 14.4 Å². The minimum absolute atomic E-state index is 0. The molecule has 1 fully saturated rings. The fraction of sp³-hybridized carbons (Fsp3) is 0.308. The Morgan fingerprint density at radius 1 is 0.947 bits per heavy atom. The first kappa shape index (κ1) is 13.5. The van der Waals surface area contributed by atoms with Crippen LogP contribution in [0.1, 0.15) is 35.2 Å². The second-order valence-corrected chi connectivity index (χ2v) is 4.47. The SMILES string of the molecule is Cl.O=C1c2ccccc2CN1N1C(=O)CCCC1=O. The summed E-state index contributed by atoms with van der Waals surface area (Å²) in [6, 6.07) is 7.18. The molecule has 19 heavy (non-hydrogen) atoms. The van der Waals surface area contributed by atoms with Crippen LogP contribution < -0.4 is 0 Å². The van der Waals surface area contributed by atoms with Gasteiger partial charge in [-0.2, -0.15) is 5.01 Å². The van der Waals surface area contributed by atoms with Crippen LogP contribution in [0.5, 0.6) is 0 Å². The summed E-state index contributed by atoms with van der Waals surface area (Å²) in [6.45, 7) is 0.298. The topological polar surface area (TPSA) is 57.7 Å². The molecule has 1 aromatic rings. The molecule has 2 heterocycles. The van der Waals surface area contributed by atoms with Crippen LogP contribution in [0.25, 0.3) is 0 Å². The number of hydrogen-bond donors (Lipinski definition) is 0. The summed E-state index contributed by atoms with van der Waals surface area (Å²) in [5.74, 6) is -0.839. The number of nitrogens with zero attached hydrogens (tertiary/aromatic N) is 2. The smallest absolute Gasteiger partial charge is 0.273 e. The molecule has 0 atom stereocenters. The molecule has 1 saturated heterocycles. The lowest BCUT2D eigenvalue weighted by Gasteiger charge is -2.32. The highest BCUT2D eigenvalue weighted by molar-refractivity contribution is 6.04. The van der Waals surface area contributed by atoms with E-state index in [2.05, 4.69) is 0 Å². The molecule has 1 aromatic carbocycles. The molecule has 6 heteroatoms. The quantitative estimate of drug-likeness (QED) is 0.733. The monoisotopic (exact) mass is 280 g/mol. The summed E-state index contributed by atoms with van der Waals surface area (Å²) in [4.78, 5) is 35.8. The number of carbonyl (C=O) groups is 3. The van der Waals surface area contributed by atoms with E-state index in [-0.39, 0.29) is 30.1 Å². The Labute approximate surface area is 116 Å². The van der Waals surface area contributed by atoms with Gasteiger partial charge in [0.1, 0.15) is 0 Å². The van der Waals surface area contributed by atoms with Crippen molar-refractivity contribution in [1.29, 1.82) is 0 Å². The van der Waals surface area contributed by atoms with Crippen LogP contribution in [0.4, 0.5) is 0 Å². The molecule has 0 N–H and O–H groups in total. The maximum absolute atomic E-state index is 12.2. The van der Waals surface area contributed by atoms with Crippen LogP contribution in [0, 0.1) is 0 Å². The molecule has 0 spiro atoms. The fourth-order valence-electron chi connectivity index (χ4n) is 2.41. The van der Waals surface area contributed by atoms with E-state index in [1.54, 1.807) is 12.1 Å². The summed E-state index contributed by atoms with van der Waals surface area (Å²) < 4.78 is 0. The molecule has 0 radical (unpaired) electrons. The fourth-order valence-corrected chi connectivity index (χ4v) is 2.41. The van der Waals surface area contributed by atoms with Crippen LogP contribution in [0.15, 0.2) is 24.3 Å². The van der Waals surface area contributed by atoms with Gasteiger partial charge in [-0.1, -0.05) is 18.2 Å². The van der Waals surface area contributed by atoms with E-state index < -0.39 is 0 Å². The van der Waals surface area contributed by atoms with Crippen LogP contribution in [-0.4, -0.2) is 27.7 Å². The van der Waals surface area contributed by atoms with Crippen LogP contribution in [0.3, 0.4) is 0 Å². The van der Waals surface area contributed by atoms with Gasteiger partial charge in [-0.3, -0.25) is 14.4 Å². The van der Waals surface area contributed by atoms with Gasteiger partial charge in [-0.05, 0) is 18.1 Å². The average molecular weight is 281 g/mol. The van der Waals surface area contributed by atoms with Gasteiger partial charge in [-0.15, -0.1) is 12.4 Å². The third-order valence-corrected chi connectivity index (χ3v) is 3.30. The number of halogens is 1. The number of fused-ring (bicyclic) bond motifs is 1. The molecule has 3 amide bonds. The summed E-state index contributed by atoms with van der Waals surface area (Å²) in [6.07, 6.45) is 1.22. The highest BCUT2D eigenvalue weighted by Gasteiger charge is 2.38. The lowest BCUT2D eigenvalue weighted by atomic mass is 10.1. The Morgan fingerprint density at radius 3 is 2.21 bits per heavy atom. The molecule has 5 nitrogen and oxygen atoms in total. The van der Waals surface area contributed by atoms with Crippen LogP contribution >= 0.6 is 12.4 Å². The lowest BCUT2D eigenvalue weighted by Crippen LogP contribution is -2.51. The standard InChI is InChI=1S/C13H12N2O3.ClH/c16-11-6-3-7-12(17)15(11)14-8-9-4-1-2-5-10(9)13(14)18;/h1-2,4-5H,3,6-8H2;1H. The van der Waals surface area contributed by atoms with Gasteiger partial charge in [0.25, 0.3) is 5.91 Å². The molecule has 100 valence electrons. The van der Waals surface area contributed by atoms with Crippen molar-refractivity contribution in [2.24, 2.45) is 0 Å². The number of imide groups is 1. The van der Waals surface area contributed by atoms with Gasteiger partial charge in [0.05, 0.1) is 6.54 Å². The predicted molar refractivity (Wildman–Crippen MR) is 69.3 cm³/mol. The van der Waals surface area contributed by atoms with Crippen molar-refractivity contribution >= 4 is 30.1 Å². The van der Waals surface area contributed by atoms with Crippen molar-refractivity contribution in [1.82, 2.24) is 10.0 Å². The third-order valence-electron chi connectivity index (χ3n) is 3.30. The van der Waals surface area contributed by atoms with E-state index in [0.717, 1.165) is 10.6 Å². The van der Waals surface area contributed by atoms with Gasteiger partial charge in [0, 0.05) is 18.4 Å². The van der Waals surface area contributed by atoms with Gasteiger partial charge >= 0.3 is 0 Å². The summed E-state index contributed by atoms with van der Waals surface area (Å²) in [5.41, 5.74) is 1.43.